The molecule has 1 fully saturated rings. The highest BCUT2D eigenvalue weighted by Crippen LogP contribution is 2.23. The van der Waals surface area contributed by atoms with Crippen molar-refractivity contribution >= 4 is 11.7 Å². The van der Waals surface area contributed by atoms with Crippen molar-refractivity contribution in [2.45, 2.75) is 32.7 Å². The van der Waals surface area contributed by atoms with Crippen LogP contribution in [0.4, 0.5) is 5.82 Å². The lowest BCUT2D eigenvalue weighted by atomic mass is 10.1. The maximum absolute atomic E-state index is 12.5. The van der Waals surface area contributed by atoms with E-state index in [1.54, 1.807) is 12.4 Å². The molecule has 7 nitrogen and oxygen atoms in total. The number of aromatic nitrogens is 4. The lowest BCUT2D eigenvalue weighted by molar-refractivity contribution is 0.0786. The van der Waals surface area contributed by atoms with Gasteiger partial charge >= 0.3 is 0 Å². The summed E-state index contributed by atoms with van der Waals surface area (Å²) in [5.74, 6) is 0.760. The summed E-state index contributed by atoms with van der Waals surface area (Å²) >= 11 is 0. The number of carbonyl (C=O) groups is 1. The Bertz CT molecular complexity index is 734. The van der Waals surface area contributed by atoms with Gasteiger partial charge in [0.25, 0.3) is 5.91 Å². The van der Waals surface area contributed by atoms with Gasteiger partial charge in [0.1, 0.15) is 11.5 Å². The first-order chi connectivity index (χ1) is 11.2. The molecule has 1 N–H and O–H groups in total. The van der Waals surface area contributed by atoms with Crippen molar-refractivity contribution in [3.05, 3.63) is 35.0 Å². The predicted molar refractivity (Wildman–Crippen MR) is 85.2 cm³/mol. The first-order valence-electron chi connectivity index (χ1n) is 8.11. The number of rotatable bonds is 2. The predicted octanol–water partition coefficient (Wildman–Crippen LogP) is 1.31. The number of H-pyrrole nitrogens is 1. The van der Waals surface area contributed by atoms with Crippen LogP contribution in [0.3, 0.4) is 0 Å². The van der Waals surface area contributed by atoms with Gasteiger partial charge in [0.2, 0.25) is 0 Å². The molecular weight excluding hydrogens is 292 g/mol. The van der Waals surface area contributed by atoms with E-state index in [9.17, 15) is 4.79 Å². The van der Waals surface area contributed by atoms with Crippen LogP contribution in [0.2, 0.25) is 0 Å². The van der Waals surface area contributed by atoms with E-state index in [2.05, 4.69) is 25.1 Å². The van der Waals surface area contributed by atoms with Gasteiger partial charge in [-0.05, 0) is 19.8 Å². The van der Waals surface area contributed by atoms with Crippen LogP contribution in [0.5, 0.6) is 0 Å². The molecule has 4 rings (SSSR count). The Hall–Kier alpha value is -2.44. The highest BCUT2D eigenvalue weighted by Gasteiger charge is 2.24. The van der Waals surface area contributed by atoms with E-state index in [0.717, 1.165) is 62.6 Å². The number of aryl methyl sites for hydroxylation is 1. The summed E-state index contributed by atoms with van der Waals surface area (Å²) in [5.41, 5.74) is 3.91. The second-order valence-corrected chi connectivity index (χ2v) is 6.21. The van der Waals surface area contributed by atoms with E-state index in [-0.39, 0.29) is 5.91 Å². The van der Waals surface area contributed by atoms with Crippen molar-refractivity contribution in [1.29, 1.82) is 0 Å². The molecule has 2 aromatic rings. The quantitative estimate of drug-likeness (QED) is 0.904. The van der Waals surface area contributed by atoms with Gasteiger partial charge < -0.3 is 9.80 Å². The number of amides is 1. The number of nitrogens with zero attached hydrogens (tertiary/aromatic N) is 5. The standard InChI is InChI=1S/C16H20N6O/c1-11-12-10-22(7-4-13(12)20-19-11)15-9-17-8-14(18-15)16(23)21-5-2-3-6-21/h8-9H,2-7,10H2,1H3,(H,19,20). The van der Waals surface area contributed by atoms with Crippen LogP contribution in [0.25, 0.3) is 0 Å². The van der Waals surface area contributed by atoms with E-state index in [1.807, 2.05) is 11.8 Å². The monoisotopic (exact) mass is 312 g/mol. The lowest BCUT2D eigenvalue weighted by Gasteiger charge is -2.27. The Morgan fingerprint density at radius 1 is 1.22 bits per heavy atom. The maximum atomic E-state index is 12.5. The average molecular weight is 312 g/mol. The summed E-state index contributed by atoms with van der Waals surface area (Å²) in [6.07, 6.45) is 6.34. The molecule has 0 aromatic carbocycles. The largest absolute Gasteiger partial charge is 0.350 e. The fourth-order valence-electron chi connectivity index (χ4n) is 3.32. The highest BCUT2D eigenvalue weighted by atomic mass is 16.2. The van der Waals surface area contributed by atoms with Gasteiger partial charge in [0.15, 0.2) is 0 Å². The molecule has 120 valence electrons. The van der Waals surface area contributed by atoms with Crippen LogP contribution < -0.4 is 4.90 Å². The minimum absolute atomic E-state index is 0.00552. The molecule has 0 bridgehead atoms. The Morgan fingerprint density at radius 2 is 2.04 bits per heavy atom. The molecule has 0 saturated carbocycles. The summed E-state index contributed by atoms with van der Waals surface area (Å²) < 4.78 is 0. The van der Waals surface area contributed by atoms with E-state index < -0.39 is 0 Å². The van der Waals surface area contributed by atoms with E-state index in [0.29, 0.717) is 5.69 Å². The third kappa shape index (κ3) is 2.56. The Kier molecular flexibility index (Phi) is 3.48. The number of likely N-dealkylation sites (tertiary alicyclic amines) is 1. The van der Waals surface area contributed by atoms with Crippen LogP contribution >= 0.6 is 0 Å². The summed E-state index contributed by atoms with van der Waals surface area (Å²) in [4.78, 5) is 25.3. The van der Waals surface area contributed by atoms with Crippen LogP contribution in [-0.4, -0.2) is 50.6 Å². The Morgan fingerprint density at radius 3 is 2.87 bits per heavy atom. The number of anilines is 1. The van der Waals surface area contributed by atoms with E-state index in [1.165, 1.54) is 5.56 Å². The Balaban J connectivity index is 1.57. The minimum Gasteiger partial charge on any atom is -0.350 e. The smallest absolute Gasteiger partial charge is 0.274 e. The molecule has 2 aliphatic heterocycles. The summed E-state index contributed by atoms with van der Waals surface area (Å²) in [7, 11) is 0. The third-order valence-electron chi connectivity index (χ3n) is 4.69. The topological polar surface area (TPSA) is 78.0 Å². The first kappa shape index (κ1) is 14.2. The molecule has 1 saturated heterocycles. The summed E-state index contributed by atoms with van der Waals surface area (Å²) in [6.45, 7) is 5.29. The van der Waals surface area contributed by atoms with Crippen LogP contribution in [0, 0.1) is 6.92 Å². The molecule has 0 aliphatic carbocycles. The number of fused-ring (bicyclic) bond motifs is 1. The highest BCUT2D eigenvalue weighted by molar-refractivity contribution is 5.92. The second kappa shape index (κ2) is 5.64. The molecule has 2 aromatic heterocycles. The van der Waals surface area contributed by atoms with Crippen molar-refractivity contribution in [1.82, 2.24) is 25.1 Å². The zero-order valence-corrected chi connectivity index (χ0v) is 13.2. The van der Waals surface area contributed by atoms with Crippen LogP contribution in [0.1, 0.15) is 40.3 Å². The van der Waals surface area contributed by atoms with Crippen molar-refractivity contribution in [2.24, 2.45) is 0 Å². The number of hydrogen-bond acceptors (Lipinski definition) is 5. The molecule has 0 unspecified atom stereocenters. The zero-order valence-electron chi connectivity index (χ0n) is 13.2. The van der Waals surface area contributed by atoms with Gasteiger partial charge in [-0.1, -0.05) is 0 Å². The third-order valence-corrected chi connectivity index (χ3v) is 4.69. The van der Waals surface area contributed by atoms with Crippen molar-refractivity contribution in [3.63, 3.8) is 0 Å². The summed E-state index contributed by atoms with van der Waals surface area (Å²) in [5, 5.41) is 7.38. The number of nitrogens with one attached hydrogen (secondary N) is 1. The average Bonchev–Trinajstić information content (AvgIpc) is 3.25. The normalized spacial score (nSPS) is 17.4. The molecule has 1 amide bonds. The lowest BCUT2D eigenvalue weighted by Crippen LogP contribution is -2.33. The van der Waals surface area contributed by atoms with Gasteiger partial charge in [-0.15, -0.1) is 0 Å². The zero-order chi connectivity index (χ0) is 15.8. The van der Waals surface area contributed by atoms with Gasteiger partial charge in [-0.3, -0.25) is 14.9 Å². The van der Waals surface area contributed by atoms with Crippen LogP contribution in [0.15, 0.2) is 12.4 Å². The fraction of sp³-hybridized carbons (Fsp3) is 0.500. The molecule has 4 heterocycles. The molecule has 2 aliphatic rings. The van der Waals surface area contributed by atoms with Crippen molar-refractivity contribution in [2.75, 3.05) is 24.5 Å². The first-order valence-corrected chi connectivity index (χ1v) is 8.11. The van der Waals surface area contributed by atoms with Gasteiger partial charge in [-0.25, -0.2) is 4.98 Å². The van der Waals surface area contributed by atoms with Crippen molar-refractivity contribution in [3.8, 4) is 0 Å². The molecule has 0 radical (unpaired) electrons. The molecule has 0 spiro atoms. The Labute approximate surface area is 134 Å². The van der Waals surface area contributed by atoms with Gasteiger partial charge in [-0.2, -0.15) is 5.10 Å². The second-order valence-electron chi connectivity index (χ2n) is 6.21. The molecule has 23 heavy (non-hydrogen) atoms. The summed E-state index contributed by atoms with van der Waals surface area (Å²) in [6, 6.07) is 0. The number of carbonyl (C=O) groups excluding carboxylic acids is 1. The van der Waals surface area contributed by atoms with E-state index >= 15 is 0 Å². The number of aromatic amines is 1. The molecular formula is C16H20N6O. The molecule has 7 heteroatoms. The SMILES string of the molecule is Cc1[nH]nc2c1CN(c1cncc(C(=O)N3CCCC3)n1)CC2. The van der Waals surface area contributed by atoms with Gasteiger partial charge in [0, 0.05) is 43.9 Å². The van der Waals surface area contributed by atoms with Crippen LogP contribution in [-0.2, 0) is 13.0 Å². The minimum atomic E-state index is -0.00552. The van der Waals surface area contributed by atoms with Gasteiger partial charge in [0.05, 0.1) is 18.1 Å². The maximum Gasteiger partial charge on any atom is 0.274 e. The molecule has 0 atom stereocenters. The van der Waals surface area contributed by atoms with E-state index in [4.69, 9.17) is 0 Å². The number of hydrogen-bond donors (Lipinski definition) is 1. The van der Waals surface area contributed by atoms with Crippen molar-refractivity contribution < 1.29 is 4.79 Å². The fourth-order valence-corrected chi connectivity index (χ4v) is 3.32.